The summed E-state index contributed by atoms with van der Waals surface area (Å²) in [6.45, 7) is 0. The molecule has 29 rings (SSSR count). The second kappa shape index (κ2) is 36.0. The van der Waals surface area contributed by atoms with Crippen LogP contribution in [0.3, 0.4) is 0 Å². The fourth-order valence-electron chi connectivity index (χ4n) is 19.8. The molecule has 0 aliphatic rings. The summed E-state index contributed by atoms with van der Waals surface area (Å²) in [5.74, 6) is 4.29. The number of rotatable bonds is 7. The van der Waals surface area contributed by atoms with Crippen molar-refractivity contribution in [3.05, 3.63) is 459 Å². The smallest absolute Gasteiger partial charge is 0.169 e. The summed E-state index contributed by atoms with van der Waals surface area (Å²) < 4.78 is 16.2. The van der Waals surface area contributed by atoms with E-state index in [2.05, 4.69) is 553 Å². The largest absolute Gasteiger partial charge is 0.274 e. The predicted molar refractivity (Wildman–Crippen MR) is 592 cm³/mol. The lowest BCUT2D eigenvalue weighted by Gasteiger charge is -2.11. The highest BCUT2D eigenvalue weighted by Crippen LogP contribution is 2.43. The van der Waals surface area contributed by atoms with Crippen LogP contribution in [0.2, 0.25) is 0 Å². The lowest BCUT2D eigenvalue weighted by atomic mass is 10.0. The van der Waals surface area contributed by atoms with Crippen LogP contribution in [0.25, 0.3) is 237 Å². The van der Waals surface area contributed by atoms with Crippen LogP contribution in [-0.2, 0) is 0 Å². The molecule has 10 aromatic heterocycles. The summed E-state index contributed by atoms with van der Waals surface area (Å²) in [5, 5.41) is 67.9. The lowest BCUT2D eigenvalue weighted by molar-refractivity contribution is 1.12. The van der Waals surface area contributed by atoms with Gasteiger partial charge in [-0.2, -0.15) is 0 Å². The average molecular weight is 2120 g/mol. The van der Waals surface area contributed by atoms with E-state index in [4.69, 9.17) is 0 Å². The summed E-state index contributed by atoms with van der Waals surface area (Å²) in [6.07, 6.45) is 0. The maximum atomic E-state index is 4.64. The molecule has 10 heterocycles. The van der Waals surface area contributed by atoms with Gasteiger partial charge in [0, 0.05) is 104 Å². The van der Waals surface area contributed by atoms with Crippen molar-refractivity contribution in [1.29, 1.82) is 0 Å². The lowest BCUT2D eigenvalue weighted by Crippen LogP contribution is -1.95. The van der Waals surface area contributed by atoms with Crippen molar-refractivity contribution < 1.29 is 0 Å². The number of pyridine rings is 5. The van der Waals surface area contributed by atoms with Gasteiger partial charge in [-0.25, -0.2) is 0 Å². The van der Waals surface area contributed by atoms with Gasteiger partial charge < -0.3 is 0 Å². The van der Waals surface area contributed by atoms with Crippen LogP contribution < -0.4 is 0 Å². The highest BCUT2D eigenvalue weighted by molar-refractivity contribution is 9.11. The third-order valence-corrected chi connectivity index (χ3v) is 28.6. The number of hydrogen-bond acceptors (Lipinski definition) is 10. The zero-order valence-electron chi connectivity index (χ0n) is 74.2. The number of hydrogen-bond donors (Lipinski definition) is 0. The van der Waals surface area contributed by atoms with E-state index in [1.54, 1.807) is 0 Å². The van der Waals surface area contributed by atoms with Gasteiger partial charge in [-0.3, -0.25) is 22.0 Å². The van der Waals surface area contributed by atoms with Crippen LogP contribution >= 0.6 is 79.6 Å². The average Bonchev–Trinajstić information content (AvgIpc) is 1.55. The van der Waals surface area contributed by atoms with Gasteiger partial charge in [0.25, 0.3) is 0 Å². The number of benzene rings is 19. The first kappa shape index (κ1) is 85.5. The topological polar surface area (TPSA) is 151 Å². The Kier molecular flexibility index (Phi) is 22.0. The van der Waals surface area contributed by atoms with Gasteiger partial charge in [0.15, 0.2) is 57.4 Å². The van der Waals surface area contributed by atoms with Crippen LogP contribution in [0.15, 0.2) is 459 Å². The molecular formula is C120H72Br5N15. The molecule has 662 valence electrons. The second-order valence-electron chi connectivity index (χ2n) is 34.3. The minimum absolute atomic E-state index is 0.848. The SMILES string of the molecule is Brc1ccc2c(c1)c1ccccc1c1nnc(-c3ccc(-c4ccccc4)cc3)n21.Brc1ccc2c(c1)c1ccccc1c1nnc(-c3ccc4ccccc4c3)n21.Brc1ccc2c(c1)c1ccccc1c1nnc(-c3cccc(-c4ccccc4)c3)n21.Brc1ccc2c(c1)c1ccccc1c1nnc(-c3cccc4ccccc34)n21.Brc1ccc2c(c1)c1ccccc1c1nnc(-c3ccccc3)n21. The fourth-order valence-corrected chi connectivity index (χ4v) is 21.6. The summed E-state index contributed by atoms with van der Waals surface area (Å²) in [6, 6.07) is 151. The molecular weight excluding hydrogens is 2050 g/mol. The maximum Gasteiger partial charge on any atom is 0.169 e. The van der Waals surface area contributed by atoms with Crippen LogP contribution in [0.4, 0.5) is 0 Å². The van der Waals surface area contributed by atoms with E-state index < -0.39 is 0 Å². The monoisotopic (exact) mass is 2120 g/mol. The van der Waals surface area contributed by atoms with Gasteiger partial charge in [0.1, 0.15) is 0 Å². The highest BCUT2D eigenvalue weighted by Gasteiger charge is 2.24. The quantitative estimate of drug-likeness (QED) is 0.141. The number of aromatic nitrogens is 15. The Morgan fingerprint density at radius 1 is 0.136 bits per heavy atom. The first-order valence-electron chi connectivity index (χ1n) is 45.6. The Labute approximate surface area is 841 Å². The predicted octanol–water partition coefficient (Wildman–Crippen LogP) is 33.0. The molecule has 0 spiro atoms. The third-order valence-electron chi connectivity index (χ3n) is 26.2. The van der Waals surface area contributed by atoms with Gasteiger partial charge in [-0.05, 0) is 174 Å². The van der Waals surface area contributed by atoms with Crippen molar-refractivity contribution in [2.75, 3.05) is 0 Å². The molecule has 0 aliphatic heterocycles. The van der Waals surface area contributed by atoms with E-state index in [-0.39, 0.29) is 0 Å². The standard InChI is InChI=1S/2C26H16BrN3.2C24H14BrN3.C20H12BrN3/c27-20-13-14-24-23(16-20)21-11-4-5-12-22(21)26-29-28-25(30(24)26)19-10-6-9-18(15-19)17-7-2-1-3-8-17;27-20-14-15-24-23(16-20)21-8-4-5-9-22(21)26-29-28-25(30(24)26)19-12-10-18(11-13-19)17-6-2-1-3-7-17;25-16-12-13-22-21(14-16)18-9-3-4-10-20(18)24-27-26-23(28(22)24)19-11-5-7-15-6-1-2-8-17(15)19;25-18-11-12-22-21(14-18)19-7-3-4-8-20(19)24-27-26-23(28(22)24)17-10-9-15-5-1-2-6-16(15)13-17;21-14-10-11-18-17(12-14)15-8-4-5-9-16(15)20-23-22-19(24(18)20)13-6-2-1-3-7-13/h2*1-16H;2*1-14H;1-12H. The molecule has 0 amide bonds. The molecule has 15 nitrogen and oxygen atoms in total. The van der Waals surface area contributed by atoms with Gasteiger partial charge in [0.2, 0.25) is 0 Å². The Bertz CT molecular complexity index is 9990. The Morgan fingerprint density at radius 2 is 0.379 bits per heavy atom. The minimum atomic E-state index is 0.848. The van der Waals surface area contributed by atoms with E-state index in [1.807, 2.05) is 36.4 Å². The van der Waals surface area contributed by atoms with Crippen molar-refractivity contribution in [3.8, 4) is 79.2 Å². The second-order valence-corrected chi connectivity index (χ2v) is 38.9. The van der Waals surface area contributed by atoms with Crippen molar-refractivity contribution in [3.63, 3.8) is 0 Å². The first-order valence-corrected chi connectivity index (χ1v) is 49.6. The zero-order valence-corrected chi connectivity index (χ0v) is 82.1. The minimum Gasteiger partial charge on any atom is -0.274 e. The molecule has 20 heteroatoms. The van der Waals surface area contributed by atoms with Crippen molar-refractivity contribution in [2.45, 2.75) is 0 Å². The Morgan fingerprint density at radius 3 is 0.764 bits per heavy atom. The van der Waals surface area contributed by atoms with E-state index >= 15 is 0 Å². The van der Waals surface area contributed by atoms with Crippen LogP contribution in [0.5, 0.6) is 0 Å². The van der Waals surface area contributed by atoms with Gasteiger partial charge in [-0.1, -0.05) is 413 Å². The molecule has 19 aromatic carbocycles. The van der Waals surface area contributed by atoms with Gasteiger partial charge in [0.05, 0.1) is 27.6 Å². The summed E-state index contributed by atoms with van der Waals surface area (Å²) in [5.41, 5.74) is 19.9. The van der Waals surface area contributed by atoms with E-state index in [0.717, 1.165) is 168 Å². The molecule has 0 N–H and O–H groups in total. The molecule has 0 atom stereocenters. The molecule has 0 saturated carbocycles. The normalized spacial score (nSPS) is 11.6. The molecule has 0 bridgehead atoms. The molecule has 0 fully saturated rings. The molecule has 0 unspecified atom stereocenters. The van der Waals surface area contributed by atoms with Crippen LogP contribution in [0.1, 0.15) is 0 Å². The van der Waals surface area contributed by atoms with Crippen LogP contribution in [0, 0.1) is 0 Å². The van der Waals surface area contributed by atoms with Gasteiger partial charge >= 0.3 is 0 Å². The molecule has 140 heavy (non-hydrogen) atoms. The summed E-state index contributed by atoms with van der Waals surface area (Å²) >= 11 is 18.1. The number of fused-ring (bicyclic) bond motifs is 32. The Hall–Kier alpha value is -16.2. The molecule has 0 aliphatic carbocycles. The Balaban J connectivity index is 0.0000000925. The number of halogens is 5. The summed E-state index contributed by atoms with van der Waals surface area (Å²) in [4.78, 5) is 0. The summed E-state index contributed by atoms with van der Waals surface area (Å²) in [7, 11) is 0. The number of nitrogens with zero attached hydrogens (tertiary/aromatic N) is 15. The third kappa shape index (κ3) is 15.2. The van der Waals surface area contributed by atoms with Crippen LogP contribution in [-0.4, -0.2) is 73.0 Å². The highest BCUT2D eigenvalue weighted by atomic mass is 79.9. The molecule has 0 saturated heterocycles. The van der Waals surface area contributed by atoms with Crippen molar-refractivity contribution in [1.82, 2.24) is 73.0 Å². The molecule has 29 aromatic rings. The van der Waals surface area contributed by atoms with E-state index in [1.165, 1.54) is 92.1 Å². The molecule has 0 radical (unpaired) electrons. The van der Waals surface area contributed by atoms with Gasteiger partial charge in [-0.15, -0.1) is 51.0 Å². The van der Waals surface area contributed by atoms with Crippen molar-refractivity contribution >= 4 is 238 Å². The maximum absolute atomic E-state index is 4.64. The first-order chi connectivity index (χ1) is 69.0. The van der Waals surface area contributed by atoms with E-state index in [0.29, 0.717) is 0 Å². The zero-order chi connectivity index (χ0) is 93.6. The fraction of sp³-hybridized carbons (Fsp3) is 0. The van der Waals surface area contributed by atoms with Crippen molar-refractivity contribution in [2.24, 2.45) is 0 Å². The van der Waals surface area contributed by atoms with E-state index in [9.17, 15) is 0 Å².